The fourth-order valence-corrected chi connectivity index (χ4v) is 3.45. The van der Waals surface area contributed by atoms with Gasteiger partial charge in [0, 0.05) is 49.0 Å². The van der Waals surface area contributed by atoms with Gasteiger partial charge < -0.3 is 9.64 Å². The Morgan fingerprint density at radius 2 is 1.53 bits per heavy atom. The number of carbonyl (C=O) groups is 2. The van der Waals surface area contributed by atoms with Gasteiger partial charge in [-0.25, -0.2) is 0 Å². The Morgan fingerprint density at radius 3 is 2.10 bits per heavy atom. The molecule has 5 heteroatoms. The van der Waals surface area contributed by atoms with Crippen LogP contribution in [0.3, 0.4) is 0 Å². The first-order valence-electron chi connectivity index (χ1n) is 10.6. The van der Waals surface area contributed by atoms with Gasteiger partial charge in [0.2, 0.25) is 0 Å². The number of rotatable bonds is 5. The molecule has 0 spiro atoms. The molecule has 1 aliphatic heterocycles. The first-order valence-corrected chi connectivity index (χ1v) is 10.6. The number of ether oxygens (including phenoxy) is 1. The van der Waals surface area contributed by atoms with Crippen LogP contribution in [0.25, 0.3) is 0 Å². The summed E-state index contributed by atoms with van der Waals surface area (Å²) in [6, 6.07) is 15.2. The van der Waals surface area contributed by atoms with Gasteiger partial charge in [0.05, 0.1) is 5.41 Å². The van der Waals surface area contributed by atoms with Crippen molar-refractivity contribution in [2.24, 2.45) is 5.41 Å². The van der Waals surface area contributed by atoms with Crippen molar-refractivity contribution in [3.63, 3.8) is 0 Å². The number of hydrogen-bond acceptors (Lipinski definition) is 5. The van der Waals surface area contributed by atoms with E-state index in [0.29, 0.717) is 22.9 Å². The molecule has 0 saturated carbocycles. The van der Waals surface area contributed by atoms with Gasteiger partial charge in [0.25, 0.3) is 0 Å². The third-order valence-electron chi connectivity index (χ3n) is 5.46. The number of piperazine rings is 1. The summed E-state index contributed by atoms with van der Waals surface area (Å²) in [6.07, 6.45) is 0. The average Bonchev–Trinajstić information content (AvgIpc) is 2.73. The molecule has 0 radical (unpaired) electrons. The van der Waals surface area contributed by atoms with Gasteiger partial charge in [-0.2, -0.15) is 0 Å². The van der Waals surface area contributed by atoms with E-state index in [2.05, 4.69) is 23.6 Å². The van der Waals surface area contributed by atoms with Crippen LogP contribution in [0.2, 0.25) is 0 Å². The van der Waals surface area contributed by atoms with Crippen LogP contribution in [0.4, 0.5) is 5.69 Å². The van der Waals surface area contributed by atoms with Crippen LogP contribution in [0.5, 0.6) is 5.75 Å². The normalized spacial score (nSPS) is 15.3. The molecule has 0 unspecified atom stereocenters. The second-order valence-corrected chi connectivity index (χ2v) is 9.16. The summed E-state index contributed by atoms with van der Waals surface area (Å²) in [5, 5.41) is 0. The molecule has 1 saturated heterocycles. The maximum absolute atomic E-state index is 12.9. The van der Waals surface area contributed by atoms with E-state index in [0.717, 1.165) is 31.9 Å². The summed E-state index contributed by atoms with van der Waals surface area (Å²) in [5.74, 6) is -0.0192. The topological polar surface area (TPSA) is 49.9 Å². The van der Waals surface area contributed by atoms with Crippen molar-refractivity contribution in [2.75, 3.05) is 31.1 Å². The largest absolute Gasteiger partial charge is 0.426 e. The van der Waals surface area contributed by atoms with Gasteiger partial charge in [-0.15, -0.1) is 0 Å². The maximum Gasteiger partial charge on any atom is 0.316 e. The first kappa shape index (κ1) is 22.0. The minimum absolute atomic E-state index is 0.0835. The highest BCUT2D eigenvalue weighted by atomic mass is 16.5. The summed E-state index contributed by atoms with van der Waals surface area (Å²) >= 11 is 0. The molecule has 1 aliphatic rings. The second-order valence-electron chi connectivity index (χ2n) is 9.16. The molecule has 3 rings (SSSR count). The zero-order valence-corrected chi connectivity index (χ0v) is 18.6. The molecular formula is C25H32N2O3. The van der Waals surface area contributed by atoms with Crippen molar-refractivity contribution in [1.29, 1.82) is 0 Å². The zero-order chi connectivity index (χ0) is 21.9. The summed E-state index contributed by atoms with van der Waals surface area (Å²) in [5.41, 5.74) is 1.67. The van der Waals surface area contributed by atoms with E-state index < -0.39 is 5.41 Å². The fraction of sp³-hybridized carbons (Fsp3) is 0.440. The number of carbonyl (C=O) groups excluding carboxylic acids is 2. The number of esters is 1. The third kappa shape index (κ3) is 5.28. The Hall–Kier alpha value is -2.66. The minimum Gasteiger partial charge on any atom is -0.426 e. The lowest BCUT2D eigenvalue weighted by Crippen LogP contribution is -2.48. The minimum atomic E-state index is -0.601. The van der Waals surface area contributed by atoms with Crippen LogP contribution in [-0.2, 0) is 4.79 Å². The lowest BCUT2D eigenvalue weighted by atomic mass is 9.97. The van der Waals surface area contributed by atoms with Gasteiger partial charge in [0.15, 0.2) is 5.78 Å². The van der Waals surface area contributed by atoms with E-state index in [9.17, 15) is 9.59 Å². The molecule has 0 aromatic heterocycles. The SMILES string of the molecule is CC(C)N1CCN(c2ccc(C(=O)c3cccc(OC(=O)C(C)(C)C)c3)cc2)CC1. The van der Waals surface area contributed by atoms with Gasteiger partial charge in [-0.05, 0) is 71.0 Å². The molecule has 30 heavy (non-hydrogen) atoms. The van der Waals surface area contributed by atoms with Crippen molar-refractivity contribution >= 4 is 17.4 Å². The molecule has 0 bridgehead atoms. The van der Waals surface area contributed by atoms with Crippen LogP contribution in [0.1, 0.15) is 50.5 Å². The number of nitrogens with zero attached hydrogens (tertiary/aromatic N) is 2. The molecule has 160 valence electrons. The summed E-state index contributed by atoms with van der Waals surface area (Å²) in [7, 11) is 0. The van der Waals surface area contributed by atoms with E-state index in [1.54, 1.807) is 45.0 Å². The Kier molecular flexibility index (Phi) is 6.61. The predicted molar refractivity (Wildman–Crippen MR) is 120 cm³/mol. The molecule has 2 aromatic carbocycles. The van der Waals surface area contributed by atoms with Crippen LogP contribution < -0.4 is 9.64 Å². The van der Waals surface area contributed by atoms with E-state index in [1.165, 1.54) is 0 Å². The zero-order valence-electron chi connectivity index (χ0n) is 18.6. The molecule has 0 atom stereocenters. The van der Waals surface area contributed by atoms with E-state index in [1.807, 2.05) is 24.3 Å². The van der Waals surface area contributed by atoms with E-state index in [4.69, 9.17) is 4.74 Å². The molecule has 1 fully saturated rings. The van der Waals surface area contributed by atoms with Crippen LogP contribution >= 0.6 is 0 Å². The summed E-state index contributed by atoms with van der Waals surface area (Å²) in [4.78, 5) is 29.9. The predicted octanol–water partition coefficient (Wildman–Crippen LogP) is 4.40. The maximum atomic E-state index is 12.9. The average molecular weight is 409 g/mol. The number of ketones is 1. The van der Waals surface area contributed by atoms with Crippen LogP contribution in [0, 0.1) is 5.41 Å². The van der Waals surface area contributed by atoms with Crippen molar-refractivity contribution < 1.29 is 14.3 Å². The second kappa shape index (κ2) is 9.00. The third-order valence-corrected chi connectivity index (χ3v) is 5.46. The van der Waals surface area contributed by atoms with Crippen molar-refractivity contribution in [2.45, 2.75) is 40.7 Å². The molecule has 0 amide bonds. The van der Waals surface area contributed by atoms with Crippen molar-refractivity contribution in [3.05, 3.63) is 59.7 Å². The quantitative estimate of drug-likeness (QED) is 0.417. The molecule has 0 N–H and O–H groups in total. The van der Waals surface area contributed by atoms with Gasteiger partial charge in [0.1, 0.15) is 5.75 Å². The highest BCUT2D eigenvalue weighted by Crippen LogP contribution is 2.23. The molecule has 0 aliphatic carbocycles. The van der Waals surface area contributed by atoms with Crippen molar-refractivity contribution in [3.8, 4) is 5.75 Å². The molecule has 2 aromatic rings. The fourth-order valence-electron chi connectivity index (χ4n) is 3.45. The Morgan fingerprint density at radius 1 is 0.900 bits per heavy atom. The number of anilines is 1. The van der Waals surface area contributed by atoms with Gasteiger partial charge >= 0.3 is 5.97 Å². The molecular weight excluding hydrogens is 376 g/mol. The standard InChI is InChI=1S/C25H32N2O3/c1-18(2)26-13-15-27(16-14-26)21-11-9-19(10-12-21)23(28)20-7-6-8-22(17-20)30-24(29)25(3,4)5/h6-12,17-18H,13-16H2,1-5H3. The number of hydrogen-bond donors (Lipinski definition) is 0. The van der Waals surface area contributed by atoms with Crippen LogP contribution in [-0.4, -0.2) is 48.9 Å². The van der Waals surface area contributed by atoms with Crippen molar-refractivity contribution in [1.82, 2.24) is 4.90 Å². The lowest BCUT2D eigenvalue weighted by molar-refractivity contribution is -0.143. The Labute approximate surface area is 179 Å². The Bertz CT molecular complexity index is 889. The highest BCUT2D eigenvalue weighted by molar-refractivity contribution is 6.09. The summed E-state index contributed by atoms with van der Waals surface area (Å²) in [6.45, 7) is 14.0. The van der Waals surface area contributed by atoms with Crippen LogP contribution in [0.15, 0.2) is 48.5 Å². The van der Waals surface area contributed by atoms with E-state index in [-0.39, 0.29) is 11.8 Å². The van der Waals surface area contributed by atoms with Gasteiger partial charge in [-0.3, -0.25) is 14.5 Å². The summed E-state index contributed by atoms with van der Waals surface area (Å²) < 4.78 is 5.43. The molecule has 5 nitrogen and oxygen atoms in total. The van der Waals surface area contributed by atoms with Gasteiger partial charge in [-0.1, -0.05) is 12.1 Å². The van der Waals surface area contributed by atoms with E-state index >= 15 is 0 Å². The monoisotopic (exact) mass is 408 g/mol. The lowest BCUT2D eigenvalue weighted by Gasteiger charge is -2.38. The molecule has 1 heterocycles. The highest BCUT2D eigenvalue weighted by Gasteiger charge is 2.24. The Balaban J connectivity index is 1.68. The smallest absolute Gasteiger partial charge is 0.316 e. The first-order chi connectivity index (χ1) is 14.1. The number of benzene rings is 2.